The number of nitrogens with two attached hydrogens (primary N) is 2. The summed E-state index contributed by atoms with van der Waals surface area (Å²) in [6.45, 7) is 1.70. The molecule has 1 aliphatic rings. The molecule has 3 aromatic heterocycles. The maximum Gasteiger partial charge on any atom is 0.261 e. The zero-order valence-corrected chi connectivity index (χ0v) is 17.3. The zero-order chi connectivity index (χ0) is 20.5. The zero-order valence-electron chi connectivity index (χ0n) is 16.5. The summed E-state index contributed by atoms with van der Waals surface area (Å²) in [7, 11) is 3.45. The number of aryl methyl sites for hydroxylation is 1. The molecule has 9 nitrogen and oxygen atoms in total. The number of fused-ring (bicyclic) bond motifs is 1. The van der Waals surface area contributed by atoms with Crippen molar-refractivity contribution in [2.45, 2.75) is 25.3 Å². The van der Waals surface area contributed by atoms with Crippen molar-refractivity contribution in [1.29, 1.82) is 0 Å². The fraction of sp³-hybridized carbons (Fsp3) is 0.421. The van der Waals surface area contributed by atoms with Gasteiger partial charge < -0.3 is 26.4 Å². The Hall–Kier alpha value is -2.85. The van der Waals surface area contributed by atoms with Gasteiger partial charge in [-0.15, -0.1) is 11.3 Å². The Kier molecular flexibility index (Phi) is 5.29. The van der Waals surface area contributed by atoms with E-state index in [0.717, 1.165) is 42.9 Å². The average Bonchev–Trinajstić information content (AvgIpc) is 3.14. The van der Waals surface area contributed by atoms with Crippen molar-refractivity contribution in [3.05, 3.63) is 24.0 Å². The molecule has 0 saturated carbocycles. The summed E-state index contributed by atoms with van der Waals surface area (Å²) in [5.41, 5.74) is 13.8. The van der Waals surface area contributed by atoms with Crippen LogP contribution in [0.25, 0.3) is 10.2 Å². The Morgan fingerprint density at radius 3 is 3.00 bits per heavy atom. The second-order valence-corrected chi connectivity index (χ2v) is 8.22. The molecule has 29 heavy (non-hydrogen) atoms. The summed E-state index contributed by atoms with van der Waals surface area (Å²) >= 11 is 1.29. The largest absolute Gasteiger partial charge is 0.495 e. The molecule has 3 aromatic rings. The Balaban J connectivity index is 1.65. The number of amides is 1. The summed E-state index contributed by atoms with van der Waals surface area (Å²) in [5.74, 6) is 1.21. The van der Waals surface area contributed by atoms with Crippen molar-refractivity contribution < 1.29 is 9.53 Å². The number of carbonyl (C=O) groups excluding carboxylic acids is 1. The number of carbonyl (C=O) groups is 1. The second kappa shape index (κ2) is 7.88. The van der Waals surface area contributed by atoms with Gasteiger partial charge in [0.15, 0.2) is 5.82 Å². The minimum Gasteiger partial charge on any atom is -0.495 e. The van der Waals surface area contributed by atoms with Crippen LogP contribution in [0.5, 0.6) is 5.75 Å². The van der Waals surface area contributed by atoms with Crippen LogP contribution in [0, 0.1) is 0 Å². The Labute approximate surface area is 172 Å². The third-order valence-corrected chi connectivity index (χ3v) is 6.26. The summed E-state index contributed by atoms with van der Waals surface area (Å²) in [6, 6.07) is 1.97. The first-order valence-electron chi connectivity index (χ1n) is 9.54. The van der Waals surface area contributed by atoms with Crippen LogP contribution in [-0.4, -0.2) is 46.9 Å². The number of ether oxygens (including phenoxy) is 1. The number of hydrogen-bond donors (Lipinski definition) is 3. The molecule has 0 radical (unpaired) electrons. The van der Waals surface area contributed by atoms with Crippen molar-refractivity contribution in [3.63, 3.8) is 0 Å². The Morgan fingerprint density at radius 2 is 2.21 bits per heavy atom. The fourth-order valence-corrected chi connectivity index (χ4v) is 4.79. The number of nitrogens with zero attached hydrogens (tertiary/aromatic N) is 4. The van der Waals surface area contributed by atoms with E-state index in [1.165, 1.54) is 11.3 Å². The number of aromatic nitrogens is 3. The number of nitrogen functional groups attached to an aromatic ring is 1. The van der Waals surface area contributed by atoms with E-state index in [1.807, 2.05) is 7.05 Å². The molecule has 4 heterocycles. The minimum atomic E-state index is -0.310. The number of methoxy groups -OCH3 is 1. The first kappa shape index (κ1) is 19.5. The lowest BCUT2D eigenvalue weighted by Crippen LogP contribution is -2.29. The second-order valence-electron chi connectivity index (χ2n) is 7.17. The molecule has 0 aliphatic carbocycles. The number of pyridine rings is 1. The van der Waals surface area contributed by atoms with E-state index >= 15 is 0 Å². The van der Waals surface area contributed by atoms with Crippen LogP contribution in [-0.2, 0) is 7.05 Å². The van der Waals surface area contributed by atoms with Crippen molar-refractivity contribution in [2.75, 3.05) is 36.1 Å². The molecule has 0 aromatic carbocycles. The highest BCUT2D eigenvalue weighted by atomic mass is 32.1. The molecular formula is C19H25N7O2S. The van der Waals surface area contributed by atoms with Gasteiger partial charge in [-0.2, -0.15) is 5.10 Å². The van der Waals surface area contributed by atoms with Gasteiger partial charge in [-0.25, -0.2) is 0 Å². The van der Waals surface area contributed by atoms with Gasteiger partial charge >= 0.3 is 0 Å². The number of nitrogens with one attached hydrogen (secondary N) is 1. The standard InChI is InChI=1S/C19H25N7O2S/c1-25-19(26-8-3-4-11(20)6-9-26)12(10-23-25)24-18(27)14-15-16(29-17(14)21)13(28-2)5-7-22-15/h5,7,10-11H,3-4,6,8-9,20-21H2,1-2H3,(H,24,27)/t11-/m0/s1. The number of thiophene rings is 1. The van der Waals surface area contributed by atoms with Gasteiger partial charge in [0, 0.05) is 32.4 Å². The maximum atomic E-state index is 13.1. The van der Waals surface area contributed by atoms with E-state index in [1.54, 1.807) is 30.3 Å². The van der Waals surface area contributed by atoms with Crippen molar-refractivity contribution >= 4 is 44.0 Å². The Morgan fingerprint density at radius 1 is 1.38 bits per heavy atom. The smallest absolute Gasteiger partial charge is 0.261 e. The quantitative estimate of drug-likeness (QED) is 0.596. The van der Waals surface area contributed by atoms with Gasteiger partial charge in [0.25, 0.3) is 5.91 Å². The molecule has 1 saturated heterocycles. The molecule has 4 rings (SSSR count). The normalized spacial score (nSPS) is 17.3. The van der Waals surface area contributed by atoms with Crippen molar-refractivity contribution in [3.8, 4) is 5.75 Å². The average molecular weight is 416 g/mol. The fourth-order valence-electron chi connectivity index (χ4n) is 3.78. The van der Waals surface area contributed by atoms with E-state index < -0.39 is 0 Å². The predicted molar refractivity (Wildman–Crippen MR) is 116 cm³/mol. The first-order chi connectivity index (χ1) is 14.0. The van der Waals surface area contributed by atoms with Gasteiger partial charge in [0.2, 0.25) is 0 Å². The first-order valence-corrected chi connectivity index (χ1v) is 10.4. The lowest BCUT2D eigenvalue weighted by Gasteiger charge is -2.24. The Bertz CT molecular complexity index is 1040. The summed E-state index contributed by atoms with van der Waals surface area (Å²) in [6.07, 6.45) is 6.19. The molecule has 10 heteroatoms. The minimum absolute atomic E-state index is 0.212. The molecule has 0 bridgehead atoms. The van der Waals surface area contributed by atoms with Crippen LogP contribution in [0.3, 0.4) is 0 Å². The van der Waals surface area contributed by atoms with Crippen LogP contribution < -0.4 is 26.4 Å². The van der Waals surface area contributed by atoms with Crippen LogP contribution in [0.2, 0.25) is 0 Å². The summed E-state index contributed by atoms with van der Waals surface area (Å²) in [5, 5.41) is 7.74. The number of anilines is 3. The van der Waals surface area contributed by atoms with Crippen LogP contribution in [0.1, 0.15) is 29.6 Å². The summed E-state index contributed by atoms with van der Waals surface area (Å²) < 4.78 is 7.90. The van der Waals surface area contributed by atoms with Gasteiger partial charge in [0.05, 0.1) is 23.5 Å². The van der Waals surface area contributed by atoms with Gasteiger partial charge in [-0.1, -0.05) is 0 Å². The lowest BCUT2D eigenvalue weighted by molar-refractivity contribution is 0.102. The monoisotopic (exact) mass is 415 g/mol. The van der Waals surface area contributed by atoms with E-state index in [-0.39, 0.29) is 11.9 Å². The molecular weight excluding hydrogens is 390 g/mol. The third kappa shape index (κ3) is 3.60. The summed E-state index contributed by atoms with van der Waals surface area (Å²) in [4.78, 5) is 19.7. The van der Waals surface area contributed by atoms with Crippen LogP contribution >= 0.6 is 11.3 Å². The molecule has 1 amide bonds. The number of hydrogen-bond acceptors (Lipinski definition) is 8. The molecule has 5 N–H and O–H groups in total. The number of rotatable bonds is 4. The van der Waals surface area contributed by atoms with Gasteiger partial charge in [-0.3, -0.25) is 14.5 Å². The SMILES string of the molecule is COc1ccnc2c(C(=O)Nc3cnn(C)c3N3CCC[C@H](N)CC3)c(N)sc12. The molecule has 154 valence electrons. The molecule has 0 spiro atoms. The molecule has 0 unspecified atom stereocenters. The van der Waals surface area contributed by atoms with E-state index in [4.69, 9.17) is 16.2 Å². The maximum absolute atomic E-state index is 13.1. The van der Waals surface area contributed by atoms with Gasteiger partial charge in [-0.05, 0) is 25.3 Å². The van der Waals surface area contributed by atoms with E-state index in [9.17, 15) is 4.79 Å². The topological polar surface area (TPSA) is 124 Å². The predicted octanol–water partition coefficient (Wildman–Crippen LogP) is 2.19. The molecule has 1 fully saturated rings. The van der Waals surface area contributed by atoms with Crippen LogP contribution in [0.4, 0.5) is 16.5 Å². The van der Waals surface area contributed by atoms with E-state index in [0.29, 0.717) is 27.5 Å². The lowest BCUT2D eigenvalue weighted by atomic mass is 10.1. The third-order valence-electron chi connectivity index (χ3n) is 5.24. The van der Waals surface area contributed by atoms with Gasteiger partial charge in [0.1, 0.15) is 22.0 Å². The van der Waals surface area contributed by atoms with Crippen molar-refractivity contribution in [2.24, 2.45) is 12.8 Å². The van der Waals surface area contributed by atoms with E-state index in [2.05, 4.69) is 20.3 Å². The molecule has 1 aliphatic heterocycles. The molecule has 1 atom stereocenters. The van der Waals surface area contributed by atoms with Crippen LogP contribution in [0.15, 0.2) is 18.5 Å². The highest BCUT2D eigenvalue weighted by Gasteiger charge is 2.25. The van der Waals surface area contributed by atoms with Crippen molar-refractivity contribution in [1.82, 2.24) is 14.8 Å². The highest BCUT2D eigenvalue weighted by Crippen LogP contribution is 2.38. The highest BCUT2D eigenvalue weighted by molar-refractivity contribution is 7.23.